The lowest BCUT2D eigenvalue weighted by molar-refractivity contribution is -0.122. The van der Waals surface area contributed by atoms with Crippen molar-refractivity contribution in [2.24, 2.45) is 5.92 Å². The molecule has 20 heavy (non-hydrogen) atoms. The lowest BCUT2D eigenvalue weighted by atomic mass is 10.0. The predicted molar refractivity (Wildman–Crippen MR) is 75.0 cm³/mol. The van der Waals surface area contributed by atoms with Gasteiger partial charge in [-0.15, -0.1) is 0 Å². The molecule has 2 rings (SSSR count). The van der Waals surface area contributed by atoms with Gasteiger partial charge in [-0.2, -0.15) is 5.10 Å². The van der Waals surface area contributed by atoms with Crippen LogP contribution in [0.4, 0.5) is 0 Å². The van der Waals surface area contributed by atoms with Crippen LogP contribution in [-0.4, -0.2) is 33.8 Å². The third-order valence-electron chi connectivity index (χ3n) is 3.59. The molecule has 1 aromatic heterocycles. The van der Waals surface area contributed by atoms with E-state index in [4.69, 9.17) is 4.74 Å². The van der Waals surface area contributed by atoms with Gasteiger partial charge >= 0.3 is 0 Å². The standard InChI is InChI=1S/C14H24N4O2/c1-9(2)13(14-15-10(3)17-18-14)16-12(19)7-6-11-5-4-8-20-11/h9,11,13H,4-8H2,1-3H3,(H,16,19)(H,15,17,18)/t11-,13+/m0/s1. The molecule has 6 heteroatoms. The maximum Gasteiger partial charge on any atom is 0.220 e. The largest absolute Gasteiger partial charge is 0.378 e. The average Bonchev–Trinajstić information content (AvgIpc) is 3.04. The van der Waals surface area contributed by atoms with E-state index >= 15 is 0 Å². The van der Waals surface area contributed by atoms with Crippen LogP contribution in [0, 0.1) is 12.8 Å². The molecule has 6 nitrogen and oxygen atoms in total. The van der Waals surface area contributed by atoms with Gasteiger partial charge in [0.15, 0.2) is 5.82 Å². The van der Waals surface area contributed by atoms with E-state index < -0.39 is 0 Å². The summed E-state index contributed by atoms with van der Waals surface area (Å²) >= 11 is 0. The first-order valence-corrected chi connectivity index (χ1v) is 7.36. The molecule has 2 N–H and O–H groups in total. The highest BCUT2D eigenvalue weighted by Gasteiger charge is 2.23. The van der Waals surface area contributed by atoms with Crippen LogP contribution >= 0.6 is 0 Å². The molecule has 1 saturated heterocycles. The molecule has 0 unspecified atom stereocenters. The van der Waals surface area contributed by atoms with Crippen molar-refractivity contribution in [3.8, 4) is 0 Å². The number of amides is 1. The second-order valence-corrected chi connectivity index (χ2v) is 5.74. The van der Waals surface area contributed by atoms with Crippen LogP contribution in [0.5, 0.6) is 0 Å². The number of H-pyrrole nitrogens is 1. The van der Waals surface area contributed by atoms with E-state index in [0.29, 0.717) is 12.2 Å². The van der Waals surface area contributed by atoms with Crippen molar-refractivity contribution in [1.82, 2.24) is 20.5 Å². The van der Waals surface area contributed by atoms with E-state index in [-0.39, 0.29) is 24.0 Å². The van der Waals surface area contributed by atoms with Gasteiger partial charge < -0.3 is 10.1 Å². The summed E-state index contributed by atoms with van der Waals surface area (Å²) in [6, 6.07) is -0.142. The van der Waals surface area contributed by atoms with Crippen molar-refractivity contribution in [3.05, 3.63) is 11.6 Å². The Morgan fingerprint density at radius 2 is 2.35 bits per heavy atom. The van der Waals surface area contributed by atoms with Crippen LogP contribution in [0.25, 0.3) is 0 Å². The first-order valence-electron chi connectivity index (χ1n) is 7.36. The molecular formula is C14H24N4O2. The monoisotopic (exact) mass is 280 g/mol. The van der Waals surface area contributed by atoms with Crippen molar-refractivity contribution in [3.63, 3.8) is 0 Å². The van der Waals surface area contributed by atoms with Crippen LogP contribution < -0.4 is 5.32 Å². The van der Waals surface area contributed by atoms with E-state index in [2.05, 4.69) is 34.3 Å². The number of hydrogen-bond acceptors (Lipinski definition) is 4. The van der Waals surface area contributed by atoms with Gasteiger partial charge in [0.1, 0.15) is 5.82 Å². The molecule has 0 aromatic carbocycles. The zero-order valence-electron chi connectivity index (χ0n) is 12.5. The predicted octanol–water partition coefficient (Wildman–Crippen LogP) is 1.89. The summed E-state index contributed by atoms with van der Waals surface area (Å²) in [5, 5.41) is 10.0. The number of aryl methyl sites for hydroxylation is 1. The summed E-state index contributed by atoms with van der Waals surface area (Å²) in [4.78, 5) is 16.4. The lowest BCUT2D eigenvalue weighted by Gasteiger charge is -2.19. The Labute approximate surface area is 119 Å². The second-order valence-electron chi connectivity index (χ2n) is 5.74. The molecule has 112 valence electrons. The highest BCUT2D eigenvalue weighted by molar-refractivity contribution is 5.76. The van der Waals surface area contributed by atoms with Gasteiger partial charge in [0.2, 0.25) is 5.91 Å². The molecule has 0 bridgehead atoms. The summed E-state index contributed by atoms with van der Waals surface area (Å²) in [7, 11) is 0. The molecule has 1 aliphatic rings. The van der Waals surface area contributed by atoms with E-state index in [1.807, 2.05) is 6.92 Å². The number of ether oxygens (including phenoxy) is 1. The van der Waals surface area contributed by atoms with Crippen molar-refractivity contribution >= 4 is 5.91 Å². The van der Waals surface area contributed by atoms with Crippen molar-refractivity contribution in [1.29, 1.82) is 0 Å². The summed E-state index contributed by atoms with van der Waals surface area (Å²) in [6.45, 7) is 6.79. The maximum atomic E-state index is 12.1. The van der Waals surface area contributed by atoms with Crippen LogP contribution in [-0.2, 0) is 9.53 Å². The van der Waals surface area contributed by atoms with Gasteiger partial charge in [-0.1, -0.05) is 13.8 Å². The number of rotatable bonds is 6. The van der Waals surface area contributed by atoms with Crippen LogP contribution in [0.15, 0.2) is 0 Å². The topological polar surface area (TPSA) is 79.9 Å². The molecule has 1 fully saturated rings. The van der Waals surface area contributed by atoms with E-state index in [1.165, 1.54) is 0 Å². The van der Waals surface area contributed by atoms with Crippen molar-refractivity contribution in [2.75, 3.05) is 6.61 Å². The van der Waals surface area contributed by atoms with Crippen molar-refractivity contribution < 1.29 is 9.53 Å². The highest BCUT2D eigenvalue weighted by Crippen LogP contribution is 2.20. The molecular weight excluding hydrogens is 256 g/mol. The fraction of sp³-hybridized carbons (Fsp3) is 0.786. The molecule has 0 radical (unpaired) electrons. The molecule has 0 saturated carbocycles. The Hall–Kier alpha value is -1.43. The van der Waals surface area contributed by atoms with Crippen LogP contribution in [0.2, 0.25) is 0 Å². The fourth-order valence-electron chi connectivity index (χ4n) is 2.44. The Bertz CT molecular complexity index is 438. The smallest absolute Gasteiger partial charge is 0.220 e. The number of carbonyl (C=O) groups excluding carboxylic acids is 1. The average molecular weight is 280 g/mol. The zero-order chi connectivity index (χ0) is 14.5. The van der Waals surface area contributed by atoms with Gasteiger partial charge in [0.25, 0.3) is 0 Å². The van der Waals surface area contributed by atoms with Crippen molar-refractivity contribution in [2.45, 2.75) is 58.6 Å². The number of aromatic nitrogens is 3. The van der Waals surface area contributed by atoms with Gasteiger partial charge in [-0.25, -0.2) is 4.98 Å². The van der Waals surface area contributed by atoms with Gasteiger partial charge in [0.05, 0.1) is 12.1 Å². The number of hydrogen-bond donors (Lipinski definition) is 2. The first kappa shape index (κ1) is 15.0. The van der Waals surface area contributed by atoms with Gasteiger partial charge in [-0.05, 0) is 32.1 Å². The Morgan fingerprint density at radius 3 is 2.90 bits per heavy atom. The van der Waals surface area contributed by atoms with Gasteiger partial charge in [-0.3, -0.25) is 9.89 Å². The fourth-order valence-corrected chi connectivity index (χ4v) is 2.44. The maximum absolute atomic E-state index is 12.1. The molecule has 1 aromatic rings. The summed E-state index contributed by atoms with van der Waals surface area (Å²) < 4.78 is 5.53. The van der Waals surface area contributed by atoms with Crippen LogP contribution in [0.3, 0.4) is 0 Å². The minimum absolute atomic E-state index is 0.0432. The highest BCUT2D eigenvalue weighted by atomic mass is 16.5. The molecule has 0 spiro atoms. The third-order valence-corrected chi connectivity index (χ3v) is 3.59. The molecule has 2 heterocycles. The zero-order valence-corrected chi connectivity index (χ0v) is 12.5. The normalized spacial score (nSPS) is 20.3. The number of aromatic amines is 1. The van der Waals surface area contributed by atoms with E-state index in [0.717, 1.165) is 31.7 Å². The van der Waals surface area contributed by atoms with Crippen LogP contribution in [0.1, 0.15) is 57.2 Å². The number of nitrogens with zero attached hydrogens (tertiary/aromatic N) is 2. The molecule has 1 amide bonds. The number of nitrogens with one attached hydrogen (secondary N) is 2. The summed E-state index contributed by atoms with van der Waals surface area (Å²) in [5.74, 6) is 1.71. The molecule has 2 atom stereocenters. The molecule has 0 aliphatic carbocycles. The Balaban J connectivity index is 1.85. The quantitative estimate of drug-likeness (QED) is 0.834. The minimum atomic E-state index is -0.142. The summed E-state index contributed by atoms with van der Waals surface area (Å²) in [6.07, 6.45) is 3.73. The van der Waals surface area contributed by atoms with E-state index in [1.54, 1.807) is 0 Å². The Morgan fingerprint density at radius 1 is 1.55 bits per heavy atom. The second kappa shape index (κ2) is 6.83. The Kier molecular flexibility index (Phi) is 5.11. The number of carbonyl (C=O) groups is 1. The SMILES string of the molecule is Cc1nc([C@H](NC(=O)CC[C@@H]2CCCO2)C(C)C)n[nH]1. The first-order chi connectivity index (χ1) is 9.56. The van der Waals surface area contributed by atoms with E-state index in [9.17, 15) is 4.79 Å². The summed E-state index contributed by atoms with van der Waals surface area (Å²) in [5.41, 5.74) is 0. The van der Waals surface area contributed by atoms with Gasteiger partial charge in [0, 0.05) is 13.0 Å². The lowest BCUT2D eigenvalue weighted by Crippen LogP contribution is -2.33. The molecule has 1 aliphatic heterocycles. The minimum Gasteiger partial charge on any atom is -0.378 e. The third kappa shape index (κ3) is 4.03.